The summed E-state index contributed by atoms with van der Waals surface area (Å²) in [5.74, 6) is 2.08. The van der Waals surface area contributed by atoms with Crippen LogP contribution in [-0.4, -0.2) is 29.2 Å². The van der Waals surface area contributed by atoms with Crippen molar-refractivity contribution >= 4 is 16.9 Å². The molecule has 0 aliphatic carbocycles. The first-order chi connectivity index (χ1) is 16.5. The van der Waals surface area contributed by atoms with Crippen LogP contribution in [0.1, 0.15) is 46.7 Å². The van der Waals surface area contributed by atoms with Crippen molar-refractivity contribution in [1.29, 1.82) is 0 Å². The molecule has 0 spiro atoms. The molecule has 34 heavy (non-hydrogen) atoms. The van der Waals surface area contributed by atoms with Gasteiger partial charge in [0.1, 0.15) is 17.3 Å². The molecule has 0 radical (unpaired) electrons. The highest BCUT2D eigenvalue weighted by atomic mass is 16.5. The SMILES string of the molecule is COc1ccccc1C(=O)NC(C)c1nc2ccccc2n1CCCOc1ccc(C)cc1C. The molecule has 1 N–H and O–H groups in total. The fraction of sp³-hybridized carbons (Fsp3) is 0.286. The van der Waals surface area contributed by atoms with Gasteiger partial charge in [-0.25, -0.2) is 4.98 Å². The second-order valence-corrected chi connectivity index (χ2v) is 8.48. The summed E-state index contributed by atoms with van der Waals surface area (Å²) in [6, 6.07) is 21.2. The fourth-order valence-corrected chi connectivity index (χ4v) is 4.20. The number of amides is 1. The first-order valence-corrected chi connectivity index (χ1v) is 11.6. The van der Waals surface area contributed by atoms with Gasteiger partial charge in [0, 0.05) is 6.54 Å². The number of nitrogens with one attached hydrogen (secondary N) is 1. The van der Waals surface area contributed by atoms with Crippen LogP contribution < -0.4 is 14.8 Å². The van der Waals surface area contributed by atoms with E-state index in [9.17, 15) is 4.79 Å². The number of para-hydroxylation sites is 3. The summed E-state index contributed by atoms with van der Waals surface area (Å²) in [4.78, 5) is 17.8. The molecule has 0 bridgehead atoms. The lowest BCUT2D eigenvalue weighted by Gasteiger charge is -2.17. The van der Waals surface area contributed by atoms with E-state index in [0.717, 1.165) is 41.1 Å². The Bertz CT molecular complexity index is 1300. The summed E-state index contributed by atoms with van der Waals surface area (Å²) in [7, 11) is 1.56. The molecule has 0 fully saturated rings. The molecular weight excluding hydrogens is 426 g/mol. The van der Waals surface area contributed by atoms with E-state index in [1.165, 1.54) is 5.56 Å². The van der Waals surface area contributed by atoms with Crippen molar-refractivity contribution in [2.75, 3.05) is 13.7 Å². The predicted molar refractivity (Wildman–Crippen MR) is 135 cm³/mol. The number of fused-ring (bicyclic) bond motifs is 1. The topological polar surface area (TPSA) is 65.4 Å². The van der Waals surface area contributed by atoms with Gasteiger partial charge in [0.2, 0.25) is 0 Å². The molecule has 0 saturated carbocycles. The minimum absolute atomic E-state index is 0.193. The molecule has 4 aromatic rings. The zero-order chi connectivity index (χ0) is 24.1. The maximum atomic E-state index is 13.0. The second kappa shape index (κ2) is 10.4. The summed E-state index contributed by atoms with van der Waals surface area (Å²) in [6.45, 7) is 7.43. The second-order valence-electron chi connectivity index (χ2n) is 8.48. The molecule has 1 aromatic heterocycles. The number of nitrogens with zero attached hydrogens (tertiary/aromatic N) is 2. The lowest BCUT2D eigenvalue weighted by Crippen LogP contribution is -2.29. The van der Waals surface area contributed by atoms with E-state index in [1.807, 2.05) is 43.3 Å². The molecule has 0 aliphatic heterocycles. The number of imidazole rings is 1. The Morgan fingerprint density at radius 1 is 1.03 bits per heavy atom. The van der Waals surface area contributed by atoms with Gasteiger partial charge < -0.3 is 19.4 Å². The van der Waals surface area contributed by atoms with E-state index < -0.39 is 0 Å². The average Bonchev–Trinajstić information content (AvgIpc) is 3.21. The first kappa shape index (κ1) is 23.4. The van der Waals surface area contributed by atoms with Gasteiger partial charge in [0.15, 0.2) is 0 Å². The van der Waals surface area contributed by atoms with Gasteiger partial charge in [0.05, 0.1) is 36.4 Å². The Kier molecular flexibility index (Phi) is 7.16. The number of carbonyl (C=O) groups is 1. The molecule has 4 rings (SSSR count). The molecule has 6 heteroatoms. The number of aryl methyl sites for hydroxylation is 3. The first-order valence-electron chi connectivity index (χ1n) is 11.6. The highest BCUT2D eigenvalue weighted by Gasteiger charge is 2.20. The van der Waals surface area contributed by atoms with Gasteiger partial charge in [-0.05, 0) is 63.1 Å². The van der Waals surface area contributed by atoms with Crippen molar-refractivity contribution in [3.05, 3.63) is 89.2 Å². The van der Waals surface area contributed by atoms with Gasteiger partial charge in [0.25, 0.3) is 5.91 Å². The van der Waals surface area contributed by atoms with Crippen molar-refractivity contribution in [3.63, 3.8) is 0 Å². The maximum Gasteiger partial charge on any atom is 0.255 e. The summed E-state index contributed by atoms with van der Waals surface area (Å²) in [5, 5.41) is 3.08. The molecule has 0 saturated heterocycles. The minimum atomic E-state index is -0.287. The molecule has 1 amide bonds. The number of ether oxygens (including phenoxy) is 2. The quantitative estimate of drug-likeness (QED) is 0.331. The summed E-state index contributed by atoms with van der Waals surface area (Å²) in [5.41, 5.74) is 4.82. The Labute approximate surface area is 200 Å². The molecule has 176 valence electrons. The van der Waals surface area contributed by atoms with E-state index >= 15 is 0 Å². The lowest BCUT2D eigenvalue weighted by molar-refractivity contribution is 0.0934. The van der Waals surface area contributed by atoms with Crippen LogP contribution in [0.3, 0.4) is 0 Å². The van der Waals surface area contributed by atoms with Crippen LogP contribution in [0.2, 0.25) is 0 Å². The van der Waals surface area contributed by atoms with Crippen LogP contribution in [0.5, 0.6) is 11.5 Å². The minimum Gasteiger partial charge on any atom is -0.496 e. The molecule has 6 nitrogen and oxygen atoms in total. The molecule has 0 aliphatic rings. The monoisotopic (exact) mass is 457 g/mol. The van der Waals surface area contributed by atoms with Crippen molar-refractivity contribution in [2.45, 2.75) is 39.8 Å². The number of benzene rings is 3. The third kappa shape index (κ3) is 5.06. The number of hydrogen-bond donors (Lipinski definition) is 1. The Morgan fingerprint density at radius 3 is 2.59 bits per heavy atom. The van der Waals surface area contributed by atoms with E-state index in [-0.39, 0.29) is 11.9 Å². The van der Waals surface area contributed by atoms with Gasteiger partial charge in [-0.15, -0.1) is 0 Å². The van der Waals surface area contributed by atoms with Crippen molar-refractivity contribution in [2.24, 2.45) is 0 Å². The molecule has 3 aromatic carbocycles. The zero-order valence-corrected chi connectivity index (χ0v) is 20.2. The maximum absolute atomic E-state index is 13.0. The standard InChI is InChI=1S/C28H31N3O3/c1-19-14-15-25(20(2)18-19)34-17-9-16-31-24-12-7-6-11-23(24)30-27(31)21(3)29-28(32)22-10-5-8-13-26(22)33-4/h5-8,10-15,18,21H,9,16-17H2,1-4H3,(H,29,32). The van der Waals surface area contributed by atoms with Crippen LogP contribution in [0, 0.1) is 13.8 Å². The van der Waals surface area contributed by atoms with Crippen LogP contribution in [0.15, 0.2) is 66.7 Å². The average molecular weight is 458 g/mol. The Hall–Kier alpha value is -3.80. The summed E-state index contributed by atoms with van der Waals surface area (Å²) in [6.07, 6.45) is 0.813. The number of rotatable bonds is 9. The number of hydrogen-bond acceptors (Lipinski definition) is 4. The third-order valence-corrected chi connectivity index (χ3v) is 5.88. The van der Waals surface area contributed by atoms with Gasteiger partial charge in [-0.1, -0.05) is 42.0 Å². The predicted octanol–water partition coefficient (Wildman–Crippen LogP) is 5.62. The van der Waals surface area contributed by atoms with Gasteiger partial charge in [-0.2, -0.15) is 0 Å². The zero-order valence-electron chi connectivity index (χ0n) is 20.2. The molecule has 1 atom stereocenters. The van der Waals surface area contributed by atoms with E-state index in [1.54, 1.807) is 19.2 Å². The van der Waals surface area contributed by atoms with Crippen LogP contribution >= 0.6 is 0 Å². The number of aromatic nitrogens is 2. The van der Waals surface area contributed by atoms with E-state index in [2.05, 4.69) is 41.9 Å². The number of methoxy groups -OCH3 is 1. The Morgan fingerprint density at radius 2 is 1.79 bits per heavy atom. The normalized spacial score (nSPS) is 11.9. The van der Waals surface area contributed by atoms with E-state index in [0.29, 0.717) is 17.9 Å². The van der Waals surface area contributed by atoms with Gasteiger partial charge in [-0.3, -0.25) is 4.79 Å². The van der Waals surface area contributed by atoms with Crippen molar-refractivity contribution in [1.82, 2.24) is 14.9 Å². The highest BCUT2D eigenvalue weighted by molar-refractivity contribution is 5.97. The van der Waals surface area contributed by atoms with Crippen molar-refractivity contribution in [3.8, 4) is 11.5 Å². The molecular formula is C28H31N3O3. The molecule has 1 heterocycles. The van der Waals surface area contributed by atoms with Gasteiger partial charge >= 0.3 is 0 Å². The summed E-state index contributed by atoms with van der Waals surface area (Å²) < 4.78 is 13.6. The van der Waals surface area contributed by atoms with Crippen LogP contribution in [0.25, 0.3) is 11.0 Å². The smallest absolute Gasteiger partial charge is 0.255 e. The number of carbonyl (C=O) groups excluding carboxylic acids is 1. The highest BCUT2D eigenvalue weighted by Crippen LogP contribution is 2.24. The van der Waals surface area contributed by atoms with Crippen LogP contribution in [-0.2, 0) is 6.54 Å². The fourth-order valence-electron chi connectivity index (χ4n) is 4.20. The van der Waals surface area contributed by atoms with Crippen molar-refractivity contribution < 1.29 is 14.3 Å². The Balaban J connectivity index is 1.49. The summed E-state index contributed by atoms with van der Waals surface area (Å²) >= 11 is 0. The van der Waals surface area contributed by atoms with E-state index in [4.69, 9.17) is 14.5 Å². The third-order valence-electron chi connectivity index (χ3n) is 5.88. The largest absolute Gasteiger partial charge is 0.496 e. The van der Waals surface area contributed by atoms with Crippen LogP contribution in [0.4, 0.5) is 0 Å². The lowest BCUT2D eigenvalue weighted by atomic mass is 10.1. The molecule has 1 unspecified atom stereocenters.